The van der Waals surface area contributed by atoms with Gasteiger partial charge in [-0.05, 0) is 18.4 Å². The van der Waals surface area contributed by atoms with Crippen molar-refractivity contribution in [3.63, 3.8) is 0 Å². The van der Waals surface area contributed by atoms with Crippen LogP contribution in [0.15, 0.2) is 30.3 Å². The molecule has 6 heteroatoms. The molecule has 1 aromatic carbocycles. The highest BCUT2D eigenvalue weighted by atomic mass is 16.5. The third kappa shape index (κ3) is 4.30. The summed E-state index contributed by atoms with van der Waals surface area (Å²) in [5.41, 5.74) is 0.870. The molecule has 1 N–H and O–H groups in total. The number of ether oxygens (including phenoxy) is 1. The largest absolute Gasteiger partial charge is 0.445 e. The minimum atomic E-state index is -0.655. The maximum atomic E-state index is 11.9. The molecule has 0 bridgehead atoms. The van der Waals surface area contributed by atoms with E-state index in [0.717, 1.165) is 12.0 Å². The molecule has 1 aliphatic rings. The highest BCUT2D eigenvalue weighted by Crippen LogP contribution is 2.14. The number of alkyl carbamates (subject to hydrolysis) is 1. The van der Waals surface area contributed by atoms with E-state index in [9.17, 15) is 14.4 Å². The molecule has 21 heavy (non-hydrogen) atoms. The Morgan fingerprint density at radius 1 is 1.33 bits per heavy atom. The summed E-state index contributed by atoms with van der Waals surface area (Å²) in [4.78, 5) is 35.5. The Morgan fingerprint density at radius 3 is 2.81 bits per heavy atom. The fraction of sp³-hybridized carbons (Fsp3) is 0.400. The number of carbonyl (C=O) groups excluding carboxylic acids is 3. The molecule has 6 nitrogen and oxygen atoms in total. The second-order valence-corrected chi connectivity index (χ2v) is 4.78. The summed E-state index contributed by atoms with van der Waals surface area (Å²) in [6, 6.07) is 8.77. The van der Waals surface area contributed by atoms with Gasteiger partial charge >= 0.3 is 6.09 Å². The van der Waals surface area contributed by atoms with Crippen molar-refractivity contribution in [3.05, 3.63) is 35.9 Å². The molecule has 2 rings (SSSR count). The second kappa shape index (κ2) is 7.42. The van der Waals surface area contributed by atoms with Crippen molar-refractivity contribution in [2.24, 2.45) is 0 Å². The van der Waals surface area contributed by atoms with Crippen molar-refractivity contribution >= 4 is 18.3 Å². The van der Waals surface area contributed by atoms with E-state index in [0.29, 0.717) is 13.0 Å². The zero-order valence-corrected chi connectivity index (χ0v) is 11.6. The van der Waals surface area contributed by atoms with Crippen LogP contribution in [0.2, 0.25) is 0 Å². The van der Waals surface area contributed by atoms with Crippen molar-refractivity contribution in [1.29, 1.82) is 0 Å². The average molecular weight is 289 g/mol. The number of nitrogens with zero attached hydrogens (tertiary/aromatic N) is 1. The van der Waals surface area contributed by atoms with Gasteiger partial charge in [-0.25, -0.2) is 4.79 Å². The highest BCUT2D eigenvalue weighted by Gasteiger charge is 2.28. The third-order valence-electron chi connectivity index (χ3n) is 3.31. The van der Waals surface area contributed by atoms with E-state index in [2.05, 4.69) is 5.32 Å². The van der Waals surface area contributed by atoms with Crippen LogP contribution in [0.5, 0.6) is 0 Å². The number of nitrogens with one attached hydrogen (secondary N) is 1. The number of carbonyl (C=O) groups is 2. The Labute approximate surface area is 123 Å². The summed E-state index contributed by atoms with van der Waals surface area (Å²) in [5.74, 6) is -0.294. The van der Waals surface area contributed by atoms with Gasteiger partial charge in [0.1, 0.15) is 13.2 Å². The molecule has 0 aromatic heterocycles. The first-order chi connectivity index (χ1) is 10.2. The number of likely N-dealkylation sites (tertiary alicyclic amines) is 1. The van der Waals surface area contributed by atoms with Gasteiger partial charge in [-0.3, -0.25) is 9.59 Å². The van der Waals surface area contributed by atoms with Crippen LogP contribution in [0.3, 0.4) is 0 Å². The van der Waals surface area contributed by atoms with Crippen LogP contribution in [0.4, 0.5) is 4.79 Å². The van der Waals surface area contributed by atoms with E-state index >= 15 is 0 Å². The van der Waals surface area contributed by atoms with Crippen LogP contribution in [-0.2, 0) is 20.9 Å². The lowest BCUT2D eigenvalue weighted by molar-refractivity contribution is -0.129. The summed E-state index contributed by atoms with van der Waals surface area (Å²) in [7, 11) is 0. The van der Waals surface area contributed by atoms with Crippen LogP contribution in [0, 0.1) is 0 Å². The summed E-state index contributed by atoms with van der Waals surface area (Å²) in [6.07, 6.45) is 2.60. The van der Waals surface area contributed by atoms with E-state index < -0.39 is 12.1 Å². The lowest BCUT2D eigenvalue weighted by atomic mass is 10.2. The topological polar surface area (TPSA) is 75.7 Å². The first-order valence-corrected chi connectivity index (χ1v) is 6.82. The minimum Gasteiger partial charge on any atom is -0.445 e. The van der Waals surface area contributed by atoms with Gasteiger partial charge in [-0.15, -0.1) is 0 Å². The summed E-state index contributed by atoms with van der Waals surface area (Å²) < 4.78 is 5.00. The van der Waals surface area contributed by atoms with Crippen LogP contribution in [0.1, 0.15) is 18.4 Å². The quantitative estimate of drug-likeness (QED) is 0.878. The first kappa shape index (κ1) is 15.0. The number of hydrogen-bond donors (Lipinski definition) is 1. The molecular formula is C15H17N2O4. The van der Waals surface area contributed by atoms with E-state index in [1.54, 1.807) is 0 Å². The molecule has 1 aromatic rings. The number of hydrogen-bond acceptors (Lipinski definition) is 4. The van der Waals surface area contributed by atoms with Gasteiger partial charge in [0, 0.05) is 6.54 Å². The molecule has 1 aliphatic heterocycles. The predicted octanol–water partition coefficient (Wildman–Crippen LogP) is 1.01. The Morgan fingerprint density at radius 2 is 2.10 bits per heavy atom. The maximum Gasteiger partial charge on any atom is 0.407 e. The van der Waals surface area contributed by atoms with E-state index in [1.807, 2.05) is 36.6 Å². The molecule has 111 valence electrons. The molecule has 1 fully saturated rings. The van der Waals surface area contributed by atoms with Crippen LogP contribution in [-0.4, -0.2) is 42.3 Å². The monoisotopic (exact) mass is 289 g/mol. The minimum absolute atomic E-state index is 0.148. The highest BCUT2D eigenvalue weighted by molar-refractivity contribution is 5.84. The summed E-state index contributed by atoms with van der Waals surface area (Å²) in [5, 5.41) is 2.39. The normalized spacial score (nSPS) is 17.3. The molecule has 1 radical (unpaired) electrons. The molecule has 1 unspecified atom stereocenters. The van der Waals surface area contributed by atoms with Gasteiger partial charge in [0.05, 0.1) is 6.04 Å². The van der Waals surface area contributed by atoms with Gasteiger partial charge in [0.25, 0.3) is 0 Å². The molecule has 0 spiro atoms. The lowest BCUT2D eigenvalue weighted by Crippen LogP contribution is -2.43. The molecule has 0 saturated carbocycles. The van der Waals surface area contributed by atoms with Crippen molar-refractivity contribution in [2.75, 3.05) is 13.1 Å². The lowest BCUT2D eigenvalue weighted by Gasteiger charge is -2.19. The van der Waals surface area contributed by atoms with Gasteiger partial charge in [0.15, 0.2) is 0 Å². The Hall–Kier alpha value is -2.37. The number of rotatable bonds is 5. The summed E-state index contributed by atoms with van der Waals surface area (Å²) in [6.45, 7) is 0.501. The molecule has 1 saturated heterocycles. The fourth-order valence-corrected chi connectivity index (χ4v) is 2.21. The first-order valence-electron chi connectivity index (χ1n) is 6.82. The average Bonchev–Trinajstić information content (AvgIpc) is 3.00. The van der Waals surface area contributed by atoms with Gasteiger partial charge in [-0.2, -0.15) is 0 Å². The van der Waals surface area contributed by atoms with Crippen molar-refractivity contribution in [1.82, 2.24) is 10.2 Å². The van der Waals surface area contributed by atoms with Crippen molar-refractivity contribution in [2.45, 2.75) is 25.5 Å². The summed E-state index contributed by atoms with van der Waals surface area (Å²) >= 11 is 0. The Balaban J connectivity index is 1.71. The Kier molecular flexibility index (Phi) is 5.31. The van der Waals surface area contributed by atoms with E-state index in [-0.39, 0.29) is 19.1 Å². The molecule has 0 aliphatic carbocycles. The molecule has 1 atom stereocenters. The molecule has 2 amide bonds. The maximum absolute atomic E-state index is 11.9. The van der Waals surface area contributed by atoms with Crippen LogP contribution >= 0.6 is 0 Å². The van der Waals surface area contributed by atoms with E-state index in [4.69, 9.17) is 4.74 Å². The third-order valence-corrected chi connectivity index (χ3v) is 3.31. The van der Waals surface area contributed by atoms with Crippen LogP contribution in [0.25, 0.3) is 0 Å². The predicted molar refractivity (Wildman–Crippen MR) is 75.1 cm³/mol. The van der Waals surface area contributed by atoms with Crippen molar-refractivity contribution < 1.29 is 19.1 Å². The van der Waals surface area contributed by atoms with Crippen molar-refractivity contribution in [3.8, 4) is 0 Å². The van der Waals surface area contributed by atoms with Gasteiger partial charge < -0.3 is 15.0 Å². The smallest absolute Gasteiger partial charge is 0.407 e. The number of amides is 2. The SMILES string of the molecule is O=[C]C1CCCN1C(=O)CNC(=O)OCc1ccccc1. The van der Waals surface area contributed by atoms with E-state index in [1.165, 1.54) is 4.90 Å². The second-order valence-electron chi connectivity index (χ2n) is 4.78. The number of benzene rings is 1. The zero-order valence-electron chi connectivity index (χ0n) is 11.6. The molecular weight excluding hydrogens is 272 g/mol. The fourth-order valence-electron chi connectivity index (χ4n) is 2.21. The van der Waals surface area contributed by atoms with Gasteiger partial charge in [-0.1, -0.05) is 30.3 Å². The van der Waals surface area contributed by atoms with Gasteiger partial charge in [0.2, 0.25) is 12.2 Å². The Bertz CT molecular complexity index is 504. The zero-order chi connectivity index (χ0) is 15.1. The van der Waals surface area contributed by atoms with Crippen LogP contribution < -0.4 is 5.32 Å². The standard InChI is InChI=1S/C15H17N2O4/c18-10-13-7-4-8-17(13)14(19)9-16-15(20)21-11-12-5-2-1-3-6-12/h1-3,5-6,13H,4,7-9,11H2,(H,16,20). The molecule has 1 heterocycles.